The van der Waals surface area contributed by atoms with Gasteiger partial charge in [0.1, 0.15) is 18.1 Å². The van der Waals surface area contributed by atoms with Gasteiger partial charge >= 0.3 is 6.18 Å². The van der Waals surface area contributed by atoms with Gasteiger partial charge in [-0.05, 0) is 42.3 Å². The first-order valence-corrected chi connectivity index (χ1v) is 10.6. The van der Waals surface area contributed by atoms with E-state index in [-0.39, 0.29) is 31.0 Å². The molecular formula is C23H19F3N4O4. The predicted octanol–water partition coefficient (Wildman–Crippen LogP) is 3.04. The summed E-state index contributed by atoms with van der Waals surface area (Å²) in [6.45, 7) is 1.21. The number of carbonyl (C=O) groups excluding carboxylic acids is 2. The fourth-order valence-corrected chi connectivity index (χ4v) is 4.15. The molecule has 1 aromatic carbocycles. The zero-order valence-electron chi connectivity index (χ0n) is 17.8. The molecule has 176 valence electrons. The van der Waals surface area contributed by atoms with Crippen LogP contribution in [0.2, 0.25) is 0 Å². The van der Waals surface area contributed by atoms with E-state index in [0.717, 1.165) is 12.1 Å². The van der Waals surface area contributed by atoms with E-state index < -0.39 is 23.7 Å². The van der Waals surface area contributed by atoms with Crippen LogP contribution in [0.15, 0.2) is 36.4 Å². The highest BCUT2D eigenvalue weighted by atomic mass is 19.4. The molecule has 1 atom stereocenters. The minimum atomic E-state index is -4.47. The molecule has 0 unspecified atom stereocenters. The molecule has 0 aliphatic carbocycles. The van der Waals surface area contributed by atoms with Gasteiger partial charge in [-0.25, -0.2) is 4.98 Å². The Kier molecular flexibility index (Phi) is 5.56. The van der Waals surface area contributed by atoms with Gasteiger partial charge in [-0.1, -0.05) is 6.07 Å². The minimum absolute atomic E-state index is 0.103. The van der Waals surface area contributed by atoms with Crippen molar-refractivity contribution in [2.75, 3.05) is 13.2 Å². The van der Waals surface area contributed by atoms with Crippen LogP contribution in [0.3, 0.4) is 0 Å². The summed E-state index contributed by atoms with van der Waals surface area (Å²) in [6.07, 6.45) is -3.68. The van der Waals surface area contributed by atoms with E-state index in [1.165, 1.54) is 6.07 Å². The first-order chi connectivity index (χ1) is 16.3. The first-order valence-electron chi connectivity index (χ1n) is 10.6. The van der Waals surface area contributed by atoms with E-state index in [0.29, 0.717) is 47.7 Å². The van der Waals surface area contributed by atoms with Crippen molar-refractivity contribution in [1.29, 1.82) is 0 Å². The third-order valence-electron chi connectivity index (χ3n) is 5.74. The molecule has 5 rings (SSSR count). The summed E-state index contributed by atoms with van der Waals surface area (Å²) in [5, 5.41) is 7.27. The van der Waals surface area contributed by atoms with Gasteiger partial charge in [-0.15, -0.1) is 0 Å². The molecule has 0 fully saturated rings. The Morgan fingerprint density at radius 2 is 2.09 bits per heavy atom. The molecule has 0 bridgehead atoms. The number of hydrogen-bond donors (Lipinski definition) is 1. The van der Waals surface area contributed by atoms with Gasteiger partial charge in [0.25, 0.3) is 5.91 Å². The Morgan fingerprint density at radius 3 is 2.88 bits per heavy atom. The van der Waals surface area contributed by atoms with E-state index in [1.807, 2.05) is 0 Å². The summed E-state index contributed by atoms with van der Waals surface area (Å²) in [5.74, 6) is -0.150. The SMILES string of the molecule is O=Cc1cccc(-c2c(C(=O)N[C@H]3COc4ccc(C(F)(F)F)cc4C3)nn3c2COCC3)n1. The highest BCUT2D eigenvalue weighted by Crippen LogP contribution is 2.35. The number of ether oxygens (including phenoxy) is 2. The van der Waals surface area contributed by atoms with Crippen molar-refractivity contribution >= 4 is 12.2 Å². The van der Waals surface area contributed by atoms with Crippen LogP contribution in [0.25, 0.3) is 11.3 Å². The van der Waals surface area contributed by atoms with Crippen molar-refractivity contribution in [1.82, 2.24) is 20.1 Å². The number of amides is 1. The van der Waals surface area contributed by atoms with Gasteiger partial charge in [-0.3, -0.25) is 14.3 Å². The maximum absolute atomic E-state index is 13.3. The number of carbonyl (C=O) groups is 2. The largest absolute Gasteiger partial charge is 0.491 e. The summed E-state index contributed by atoms with van der Waals surface area (Å²) in [6, 6.07) is 7.64. The Hall–Kier alpha value is -3.73. The Labute approximate surface area is 191 Å². The van der Waals surface area contributed by atoms with Crippen molar-refractivity contribution in [3.05, 3.63) is 64.6 Å². The van der Waals surface area contributed by atoms with Gasteiger partial charge in [-0.2, -0.15) is 18.3 Å². The normalized spacial score (nSPS) is 17.3. The van der Waals surface area contributed by atoms with Gasteiger partial charge < -0.3 is 14.8 Å². The molecule has 1 amide bonds. The van der Waals surface area contributed by atoms with Gasteiger partial charge in [0.05, 0.1) is 48.3 Å². The highest BCUT2D eigenvalue weighted by Gasteiger charge is 2.33. The number of alkyl halides is 3. The number of aldehydes is 1. The van der Waals surface area contributed by atoms with Crippen molar-refractivity contribution in [3.8, 4) is 17.0 Å². The van der Waals surface area contributed by atoms with E-state index >= 15 is 0 Å². The Balaban J connectivity index is 1.43. The molecule has 2 aliphatic heterocycles. The second kappa shape index (κ2) is 8.56. The zero-order valence-corrected chi connectivity index (χ0v) is 17.8. The average Bonchev–Trinajstić information content (AvgIpc) is 3.23. The monoisotopic (exact) mass is 472 g/mol. The fourth-order valence-electron chi connectivity index (χ4n) is 4.15. The number of pyridine rings is 1. The Morgan fingerprint density at radius 1 is 1.24 bits per heavy atom. The lowest BCUT2D eigenvalue weighted by Crippen LogP contribution is -2.43. The number of hydrogen-bond acceptors (Lipinski definition) is 6. The predicted molar refractivity (Wildman–Crippen MR) is 112 cm³/mol. The van der Waals surface area contributed by atoms with Crippen LogP contribution in [0.1, 0.15) is 37.8 Å². The number of halogens is 3. The lowest BCUT2D eigenvalue weighted by atomic mass is 9.99. The quantitative estimate of drug-likeness (QED) is 0.587. The summed E-state index contributed by atoms with van der Waals surface area (Å²) in [7, 11) is 0. The summed E-state index contributed by atoms with van der Waals surface area (Å²) in [4.78, 5) is 28.8. The molecular weight excluding hydrogens is 453 g/mol. The number of nitrogens with zero attached hydrogens (tertiary/aromatic N) is 3. The van der Waals surface area contributed by atoms with E-state index in [9.17, 15) is 22.8 Å². The minimum Gasteiger partial charge on any atom is -0.491 e. The number of fused-ring (bicyclic) bond motifs is 2. The average molecular weight is 472 g/mol. The molecule has 0 radical (unpaired) electrons. The maximum Gasteiger partial charge on any atom is 0.416 e. The molecule has 11 heteroatoms. The van der Waals surface area contributed by atoms with Crippen LogP contribution in [-0.4, -0.2) is 46.2 Å². The van der Waals surface area contributed by atoms with E-state index in [1.54, 1.807) is 22.9 Å². The number of nitrogens with one attached hydrogen (secondary N) is 1. The van der Waals surface area contributed by atoms with Crippen LogP contribution in [0.4, 0.5) is 13.2 Å². The van der Waals surface area contributed by atoms with Gasteiger partial charge in [0.15, 0.2) is 12.0 Å². The number of aromatic nitrogens is 3. The molecule has 1 N–H and O–H groups in total. The fraction of sp³-hybridized carbons (Fsp3) is 0.304. The molecule has 0 saturated heterocycles. The zero-order chi connectivity index (χ0) is 23.9. The summed E-state index contributed by atoms with van der Waals surface area (Å²) in [5.41, 5.74) is 1.42. The molecule has 3 aromatic rings. The Bertz CT molecular complexity index is 1270. The van der Waals surface area contributed by atoms with Crippen LogP contribution in [0.5, 0.6) is 5.75 Å². The van der Waals surface area contributed by atoms with Crippen molar-refractivity contribution in [2.45, 2.75) is 31.8 Å². The van der Waals surface area contributed by atoms with Crippen molar-refractivity contribution in [2.24, 2.45) is 0 Å². The van der Waals surface area contributed by atoms with E-state index in [4.69, 9.17) is 9.47 Å². The molecule has 2 aromatic heterocycles. The number of rotatable bonds is 4. The topological polar surface area (TPSA) is 95.3 Å². The molecule has 34 heavy (non-hydrogen) atoms. The lowest BCUT2D eigenvalue weighted by Gasteiger charge is -2.26. The third-order valence-corrected chi connectivity index (χ3v) is 5.74. The molecule has 2 aliphatic rings. The molecule has 0 saturated carbocycles. The van der Waals surface area contributed by atoms with Crippen molar-refractivity contribution < 1.29 is 32.2 Å². The third kappa shape index (κ3) is 4.14. The highest BCUT2D eigenvalue weighted by molar-refractivity contribution is 5.99. The van der Waals surface area contributed by atoms with E-state index in [2.05, 4.69) is 15.4 Å². The number of benzene rings is 1. The first kappa shape index (κ1) is 22.1. The summed E-state index contributed by atoms with van der Waals surface area (Å²) < 4.78 is 52.1. The van der Waals surface area contributed by atoms with Gasteiger partial charge in [0, 0.05) is 0 Å². The second-order valence-electron chi connectivity index (χ2n) is 8.02. The molecule has 0 spiro atoms. The van der Waals surface area contributed by atoms with Crippen LogP contribution >= 0.6 is 0 Å². The van der Waals surface area contributed by atoms with Crippen molar-refractivity contribution in [3.63, 3.8) is 0 Å². The van der Waals surface area contributed by atoms with Crippen LogP contribution in [-0.2, 0) is 30.5 Å². The lowest BCUT2D eigenvalue weighted by molar-refractivity contribution is -0.137. The van der Waals surface area contributed by atoms with Gasteiger partial charge in [0.2, 0.25) is 0 Å². The maximum atomic E-state index is 13.3. The summed E-state index contributed by atoms with van der Waals surface area (Å²) >= 11 is 0. The standard InChI is InChI=1S/C23H19F3N4O4/c24-23(25,26)14-4-5-19-13(8-14)9-16(11-34-19)28-22(32)21-20(17-3-1-2-15(10-31)27-17)18-12-33-7-6-30(18)29-21/h1-5,8,10,16H,6-7,9,11-12H2,(H,28,32)/t16-/m1/s1. The van der Waals surface area contributed by atoms with Crippen LogP contribution in [0, 0.1) is 0 Å². The molecule has 4 heterocycles. The molecule has 8 nitrogen and oxygen atoms in total. The second-order valence-corrected chi connectivity index (χ2v) is 8.02. The smallest absolute Gasteiger partial charge is 0.416 e. The van der Waals surface area contributed by atoms with Crippen LogP contribution < -0.4 is 10.1 Å².